The Bertz CT molecular complexity index is 1390. The van der Waals surface area contributed by atoms with E-state index in [4.69, 9.17) is 4.74 Å². The van der Waals surface area contributed by atoms with Crippen LogP contribution in [0.5, 0.6) is 5.75 Å². The van der Waals surface area contributed by atoms with Gasteiger partial charge >= 0.3 is 5.97 Å². The molecule has 4 aromatic rings. The molecule has 1 N–H and O–H groups in total. The van der Waals surface area contributed by atoms with Crippen LogP contribution < -0.4 is 0 Å². The second-order valence-electron chi connectivity index (χ2n) is 7.88. The average Bonchev–Trinajstić information content (AvgIpc) is 3.30. The van der Waals surface area contributed by atoms with E-state index in [9.17, 15) is 9.90 Å². The van der Waals surface area contributed by atoms with Gasteiger partial charge in [0.2, 0.25) is 0 Å². The van der Waals surface area contributed by atoms with Gasteiger partial charge in [-0.1, -0.05) is 49.4 Å². The van der Waals surface area contributed by atoms with Gasteiger partial charge in [-0.15, -0.1) is 0 Å². The monoisotopic (exact) mass is 596 g/mol. The van der Waals surface area contributed by atoms with Crippen molar-refractivity contribution in [2.24, 2.45) is 0 Å². The van der Waals surface area contributed by atoms with E-state index in [1.54, 1.807) is 25.1 Å². The van der Waals surface area contributed by atoms with Crippen LogP contribution in [0.25, 0.3) is 28.1 Å². The molecule has 4 rings (SSSR count). The van der Waals surface area contributed by atoms with Crippen molar-refractivity contribution in [1.82, 2.24) is 9.55 Å². The first kappa shape index (κ1) is 25.1. The number of ether oxygens (including phenoxy) is 1. The van der Waals surface area contributed by atoms with E-state index in [-0.39, 0.29) is 11.7 Å². The van der Waals surface area contributed by atoms with Crippen molar-refractivity contribution in [3.63, 3.8) is 0 Å². The van der Waals surface area contributed by atoms with Crippen molar-refractivity contribution >= 4 is 62.5 Å². The number of phenolic OH excluding ortho intramolecular Hbond substituents is 1. The van der Waals surface area contributed by atoms with Crippen molar-refractivity contribution in [2.75, 3.05) is 6.61 Å². The smallest absolute Gasteiger partial charge is 0.330 e. The minimum atomic E-state index is -0.348. The lowest BCUT2D eigenvalue weighted by molar-refractivity contribution is -0.137. The summed E-state index contributed by atoms with van der Waals surface area (Å²) in [6, 6.07) is 22.0. The highest BCUT2D eigenvalue weighted by Crippen LogP contribution is 2.37. The van der Waals surface area contributed by atoms with Crippen LogP contribution in [0.4, 0.5) is 0 Å². The summed E-state index contributed by atoms with van der Waals surface area (Å²) < 4.78 is 6.98. The van der Waals surface area contributed by atoms with Gasteiger partial charge in [-0.2, -0.15) is 5.10 Å². The van der Waals surface area contributed by atoms with Gasteiger partial charge in [0.1, 0.15) is 5.75 Å². The third-order valence-electron chi connectivity index (χ3n) is 5.71. The molecule has 1 heterocycles. The molecule has 0 saturated heterocycles. The number of allylic oxidation sites excluding steroid dienone is 1. The molecule has 0 aliphatic carbocycles. The van der Waals surface area contributed by atoms with Gasteiger partial charge < -0.3 is 9.84 Å². The molecule has 0 aliphatic rings. The van der Waals surface area contributed by atoms with Gasteiger partial charge in [-0.05, 0) is 99.1 Å². The van der Waals surface area contributed by atoms with E-state index >= 15 is 0 Å². The number of nitrogens with zero attached hydrogens (tertiary/aromatic N) is 2. The topological polar surface area (TPSA) is 64.3 Å². The molecule has 35 heavy (non-hydrogen) atoms. The molecular weight excluding hydrogens is 570 g/mol. The maximum absolute atomic E-state index is 11.7. The van der Waals surface area contributed by atoms with Crippen molar-refractivity contribution < 1.29 is 14.6 Å². The standard InChI is InChI=1S/C28H26IN2O3P/c1-3-25(20-10-13-24(32)14-11-20)28(22-12-15-26-23(17-22)18-30-31(26)35-29)21-8-5-19(6-9-21)7-16-27(33)34-4-2/h5-18,32,35H,3-4H2,1-2H3/b16-7+,28-25+. The molecule has 1 atom stereocenters. The lowest BCUT2D eigenvalue weighted by Crippen LogP contribution is -1.98. The molecule has 5 nitrogen and oxygen atoms in total. The molecule has 7 heteroatoms. The fourth-order valence-electron chi connectivity index (χ4n) is 4.07. The molecular formula is C28H26IN2O3P. The third-order valence-corrected chi connectivity index (χ3v) is 7.59. The van der Waals surface area contributed by atoms with E-state index in [1.807, 2.05) is 34.9 Å². The number of carbonyl (C=O) groups excluding carboxylic acids is 1. The number of carbonyl (C=O) groups is 1. The lowest BCUT2D eigenvalue weighted by Gasteiger charge is -2.17. The van der Waals surface area contributed by atoms with Crippen molar-refractivity contribution in [2.45, 2.75) is 20.3 Å². The summed E-state index contributed by atoms with van der Waals surface area (Å²) in [5.74, 6) is -0.101. The van der Waals surface area contributed by atoms with Gasteiger partial charge in [0.05, 0.1) is 24.7 Å². The van der Waals surface area contributed by atoms with E-state index in [1.165, 1.54) is 11.6 Å². The highest BCUT2D eigenvalue weighted by molar-refractivity contribution is 14.2. The van der Waals surface area contributed by atoms with Crippen LogP contribution in [0, 0.1) is 0 Å². The van der Waals surface area contributed by atoms with Crippen molar-refractivity contribution in [3.05, 3.63) is 101 Å². The second-order valence-corrected chi connectivity index (χ2v) is 9.92. The number of rotatable bonds is 8. The number of esters is 1. The lowest BCUT2D eigenvalue weighted by atomic mass is 9.87. The Morgan fingerprint density at radius 1 is 1.03 bits per heavy atom. The predicted octanol–water partition coefficient (Wildman–Crippen LogP) is 7.48. The highest BCUT2D eigenvalue weighted by Gasteiger charge is 2.15. The average molecular weight is 596 g/mol. The number of halogens is 1. The minimum Gasteiger partial charge on any atom is -0.508 e. The molecule has 178 valence electrons. The zero-order valence-corrected chi connectivity index (χ0v) is 22.7. The molecule has 3 aromatic carbocycles. The summed E-state index contributed by atoms with van der Waals surface area (Å²) in [5, 5.41) is 15.4. The molecule has 0 saturated carbocycles. The summed E-state index contributed by atoms with van der Waals surface area (Å²) in [5.41, 5.74) is 7.59. The zero-order chi connectivity index (χ0) is 24.8. The number of aromatic nitrogens is 2. The van der Waals surface area contributed by atoms with E-state index < -0.39 is 0 Å². The molecule has 0 spiro atoms. The minimum absolute atomic E-state index is 0.247. The van der Waals surface area contributed by atoms with E-state index in [0.29, 0.717) is 13.0 Å². The summed E-state index contributed by atoms with van der Waals surface area (Å²) in [6.45, 7) is 4.29. The first-order valence-electron chi connectivity index (χ1n) is 11.4. The quantitative estimate of drug-likeness (QED) is 0.0754. The van der Waals surface area contributed by atoms with Crippen LogP contribution in [-0.2, 0) is 9.53 Å². The molecule has 1 unspecified atom stereocenters. The van der Waals surface area contributed by atoms with Gasteiger partial charge in [0, 0.05) is 11.5 Å². The molecule has 0 radical (unpaired) electrons. The van der Waals surface area contributed by atoms with Gasteiger partial charge in [-0.25, -0.2) is 9.25 Å². The van der Waals surface area contributed by atoms with Crippen LogP contribution in [-0.4, -0.2) is 27.2 Å². The van der Waals surface area contributed by atoms with Crippen LogP contribution in [0.15, 0.2) is 79.0 Å². The summed E-state index contributed by atoms with van der Waals surface area (Å²) in [7, 11) is 0. The van der Waals surface area contributed by atoms with Crippen molar-refractivity contribution in [3.8, 4) is 5.75 Å². The SMILES string of the molecule is CCOC(=O)/C=C/c1ccc(/C(=C(/CC)c2ccc(O)cc2)c2ccc3c(cnn3PI)c2)cc1. The highest BCUT2D eigenvalue weighted by atomic mass is 127. The van der Waals surface area contributed by atoms with Crippen LogP contribution in [0.3, 0.4) is 0 Å². The van der Waals surface area contributed by atoms with Crippen LogP contribution >= 0.6 is 28.4 Å². The number of phenols is 1. The Labute approximate surface area is 219 Å². The number of benzene rings is 3. The Morgan fingerprint density at radius 2 is 1.71 bits per heavy atom. The van der Waals surface area contributed by atoms with Gasteiger partial charge in [0.15, 0.2) is 0 Å². The number of hydrogen-bond acceptors (Lipinski definition) is 4. The van der Waals surface area contributed by atoms with Crippen LogP contribution in [0.2, 0.25) is 0 Å². The third kappa shape index (κ3) is 5.82. The molecule has 1 aromatic heterocycles. The predicted molar refractivity (Wildman–Crippen MR) is 154 cm³/mol. The van der Waals surface area contributed by atoms with E-state index in [0.717, 1.165) is 45.2 Å². The number of hydrogen-bond donors (Lipinski definition) is 1. The molecule has 0 aliphatic heterocycles. The van der Waals surface area contributed by atoms with Crippen molar-refractivity contribution in [1.29, 1.82) is 0 Å². The maximum Gasteiger partial charge on any atom is 0.330 e. The largest absolute Gasteiger partial charge is 0.508 e. The summed E-state index contributed by atoms with van der Waals surface area (Å²) in [6.07, 6.45) is 6.48. The van der Waals surface area contributed by atoms with Crippen LogP contribution in [0.1, 0.15) is 42.5 Å². The first-order valence-corrected chi connectivity index (χ1v) is 15.4. The Balaban J connectivity index is 1.83. The Hall–Kier alpha value is -2.96. The molecule has 0 bridgehead atoms. The van der Waals surface area contributed by atoms with E-state index in [2.05, 4.69) is 64.4 Å². The van der Waals surface area contributed by atoms with Gasteiger partial charge in [-0.3, -0.25) is 0 Å². The number of fused-ring (bicyclic) bond motifs is 1. The fourth-order valence-corrected chi connectivity index (χ4v) is 5.62. The normalized spacial score (nSPS) is 12.5. The summed E-state index contributed by atoms with van der Waals surface area (Å²) >= 11 is 2.34. The zero-order valence-electron chi connectivity index (χ0n) is 19.5. The maximum atomic E-state index is 11.7. The summed E-state index contributed by atoms with van der Waals surface area (Å²) in [4.78, 5) is 11.7. The first-order chi connectivity index (χ1) is 17.0. The molecule has 0 amide bonds. The Kier molecular flexibility index (Phi) is 8.37. The molecule has 0 fully saturated rings. The number of aromatic hydroxyl groups is 1. The fraction of sp³-hybridized carbons (Fsp3) is 0.143. The van der Waals surface area contributed by atoms with Gasteiger partial charge in [0.25, 0.3) is 0 Å². The Morgan fingerprint density at radius 3 is 2.37 bits per heavy atom. The second kappa shape index (κ2) is 11.6.